The number of thioether (sulfide) groups is 1. The van der Waals surface area contributed by atoms with Gasteiger partial charge in [-0.1, -0.05) is 19.8 Å². The minimum atomic E-state index is -6.54. The van der Waals surface area contributed by atoms with Crippen molar-refractivity contribution in [1.82, 2.24) is 21.3 Å². The van der Waals surface area contributed by atoms with Crippen LogP contribution in [-0.2, 0) is 182 Å². The second kappa shape index (κ2) is 55.0. The van der Waals surface area contributed by atoms with Crippen LogP contribution in [-0.4, -0.2) is 364 Å². The van der Waals surface area contributed by atoms with Crippen molar-refractivity contribution in [2.24, 2.45) is 0 Å². The van der Waals surface area contributed by atoms with Crippen molar-refractivity contribution in [1.29, 1.82) is 0 Å². The standard InChI is InChI=1S/C55H90N4O48S7.8Na/c1-8-54(51(63)64)44(101-46-31(35(86-2)32(62)24(96-46)18-93-109(68,69)70)58-29(61)16-10-9-13-17-56-28(60)15-12-11-14-27-30-23(21-108-27)57-53(67)59-30)38(88-4)40(90-6)49(103-54)100-34-26(20-95-111(74,75)76)98-48(43(107-114(83,84)85)37(34)105-112(77,78)79)102-45-39(89-5)41-50(104-55(45,22-92-41)52(65)66)99-33-25(19-94-110(71,72)73)97-47(91-7)42(36(33)87-3)106-113(80,81)82;;;;;;;;/h23-27,30-50,62H,8-22H2,1-7H3,(H,56,60)(H,58,61)(H,63,64)(H,65,66)(H2,57,59,67)(H,68,69,70)(H,71,72,73)(H,74,75,76)(H,77,78,79)(H,80,81,82)(H,83,84,85);;;;;;;;/q;8*+1/p-8/t23?,24-,25-,26-,27?,30?,31-,32-,33-,34-,35-,36+,37+,38-,39-,40-,41-,42-,43-,44+,45+,46+,47+,48-,49-,50?,54+,55+;;;;;;;;/m1......../s1. The Bertz CT molecular complexity index is 4050. The average molecular weight is 1980 g/mol. The molecule has 2 bridgehead atoms. The number of rotatable bonds is 44. The summed E-state index contributed by atoms with van der Waals surface area (Å²) in [5.74, 6) is -5.12. The minimum absolute atomic E-state index is 0. The zero-order chi connectivity index (χ0) is 84.6. The van der Waals surface area contributed by atoms with Crippen molar-refractivity contribution in [3.63, 3.8) is 0 Å². The molecule has 0 aromatic carbocycles. The number of ether oxygens (including phenoxy) is 16. The summed E-state index contributed by atoms with van der Waals surface area (Å²) in [6.07, 6.45) is -51.1. The van der Waals surface area contributed by atoms with Gasteiger partial charge >= 0.3 is 242 Å². The first-order chi connectivity index (χ1) is 53.2. The summed E-state index contributed by atoms with van der Waals surface area (Å²) in [5.41, 5.74) is -6.62. The maximum atomic E-state index is 14.0. The first-order valence-corrected chi connectivity index (χ1v) is 43.0. The molecule has 67 heteroatoms. The van der Waals surface area contributed by atoms with E-state index in [1.54, 1.807) is 11.8 Å². The van der Waals surface area contributed by atoms with Crippen molar-refractivity contribution in [3.05, 3.63) is 0 Å². The second-order valence-corrected chi connectivity index (χ2v) is 33.7. The summed E-state index contributed by atoms with van der Waals surface area (Å²) in [6.45, 7) is -4.68. The largest absolute Gasteiger partial charge is 1.00 e. The van der Waals surface area contributed by atoms with E-state index in [4.69, 9.17) is 80.0 Å². The maximum Gasteiger partial charge on any atom is 1.00 e. The van der Waals surface area contributed by atoms with Gasteiger partial charge in [-0.05, 0) is 32.1 Å². The number of carbonyl (C=O) groups is 5. The van der Waals surface area contributed by atoms with Crippen LogP contribution in [0.2, 0.25) is 0 Å². The molecule has 9 heterocycles. The van der Waals surface area contributed by atoms with Gasteiger partial charge in [0.25, 0.3) is 0 Å². The molecule has 4 unspecified atom stereocenters. The average Bonchev–Trinajstić information content (AvgIpc) is 0.946. The van der Waals surface area contributed by atoms with Crippen LogP contribution >= 0.6 is 11.8 Å². The fraction of sp³-hybridized carbons (Fsp3) is 0.909. The number of carboxylic acid groups (broad SMARTS) is 2. The Morgan fingerprint density at radius 1 is 0.492 bits per heavy atom. The molecule has 0 radical (unpaired) electrons. The SMILES string of the molecule is CC[C@]1(C(=O)[O-])O[C@@H](O[C@H]2[C@H](OS(=O)(=O)[O-])[C@@H](OS(=O)(=O)[O-])[C@@H](O[C@H]3[C@H](OC)[C@H]4OC[C@]3(C(=O)[O-])OC4O[C@H]3[C@H](OC)[C@@H](OS(=O)(=O)[O-])[C@@H](OC)O[C@@H]3COS(=O)(=O)[O-])O[C@@H]2COS(=O)(=O)[O-])[C@H](OC)[C@@H](OC)[C@@H]1O[C@@H]1O[C@H](COS(=O)(=O)[O-])[C@@H](O)[C@H](OC)[C@H]1NC(=O)CCCCCNC(=O)CCCCC1SCC2NC(=O)NC21.[Na+].[Na+].[Na+].[Na+].[Na+].[Na+].[Na+].[Na+]. The summed E-state index contributed by atoms with van der Waals surface area (Å²) in [4.78, 5) is 66.0. The van der Waals surface area contributed by atoms with E-state index in [0.717, 1.165) is 68.2 Å². The number of carboxylic acids is 2. The van der Waals surface area contributed by atoms with E-state index in [1.165, 1.54) is 0 Å². The number of hydrogen-bond acceptors (Lipinski definition) is 49. The van der Waals surface area contributed by atoms with Gasteiger partial charge < -0.3 is 149 Å². The maximum absolute atomic E-state index is 14.0. The number of aliphatic carboxylic acids is 2. The molecule has 0 saturated carbocycles. The van der Waals surface area contributed by atoms with E-state index in [2.05, 4.69) is 42.2 Å². The van der Waals surface area contributed by atoms with Gasteiger partial charge in [-0.3, -0.25) is 34.7 Å². The van der Waals surface area contributed by atoms with Gasteiger partial charge in [0.15, 0.2) is 49.3 Å². The van der Waals surface area contributed by atoms with Crippen molar-refractivity contribution in [2.75, 3.05) is 81.4 Å². The number of nitrogens with one attached hydrogen (secondary N) is 4. The molecular formula is C55H82N4Na8O48S7. The van der Waals surface area contributed by atoms with E-state index in [9.17, 15) is 117 Å². The number of hydrogen-bond donors (Lipinski definition) is 5. The van der Waals surface area contributed by atoms with Crippen molar-refractivity contribution in [3.8, 4) is 0 Å². The molecule has 9 aliphatic heterocycles. The molecule has 52 nitrogen and oxygen atoms in total. The molecule has 4 amide bonds. The minimum Gasteiger partial charge on any atom is -0.726 e. The van der Waals surface area contributed by atoms with E-state index < -0.39 is 266 Å². The van der Waals surface area contributed by atoms with Crippen LogP contribution in [0.15, 0.2) is 0 Å². The van der Waals surface area contributed by atoms with Crippen LogP contribution < -0.4 is 268 Å². The number of unbranched alkanes of at least 4 members (excludes halogenated alkanes) is 3. The van der Waals surface area contributed by atoms with Gasteiger partial charge in [-0.25, -0.2) is 55.3 Å². The number of fused-ring (bicyclic) bond motifs is 4. The van der Waals surface area contributed by atoms with Gasteiger partial charge in [0.05, 0.1) is 50.4 Å². The zero-order valence-electron chi connectivity index (χ0n) is 68.6. The Balaban J connectivity index is 0.0000183. The normalized spacial score (nSPS) is 35.1. The van der Waals surface area contributed by atoms with Crippen molar-refractivity contribution in [2.45, 2.75) is 235 Å². The fourth-order valence-electron chi connectivity index (χ4n) is 14.3. The Labute approximate surface area is 883 Å². The molecule has 5 N–H and O–H groups in total. The molecule has 0 aliphatic carbocycles. The van der Waals surface area contributed by atoms with Crippen LogP contribution in [0.25, 0.3) is 0 Å². The number of amides is 4. The first-order valence-electron chi connectivity index (χ1n) is 34.0. The zero-order valence-corrected chi connectivity index (χ0v) is 90.3. The van der Waals surface area contributed by atoms with Crippen LogP contribution in [0.4, 0.5) is 4.79 Å². The third-order valence-corrected chi connectivity index (χ3v) is 23.4. The van der Waals surface area contributed by atoms with E-state index in [-0.39, 0.29) is 292 Å². The van der Waals surface area contributed by atoms with Crippen LogP contribution in [0.3, 0.4) is 0 Å². The van der Waals surface area contributed by atoms with Crippen LogP contribution in [0.1, 0.15) is 64.7 Å². The quantitative estimate of drug-likeness (QED) is 0.0124. The van der Waals surface area contributed by atoms with E-state index in [1.807, 2.05) is 0 Å². The topological polar surface area (TPSA) is 746 Å². The smallest absolute Gasteiger partial charge is 0.726 e. The predicted octanol–water partition coefficient (Wildman–Crippen LogP) is -34.8. The Morgan fingerprint density at radius 2 is 0.967 bits per heavy atom. The van der Waals surface area contributed by atoms with Gasteiger partial charge in [-0.15, -0.1) is 0 Å². The van der Waals surface area contributed by atoms with Crippen LogP contribution in [0.5, 0.6) is 0 Å². The summed E-state index contributed by atoms with van der Waals surface area (Å²) in [7, 11) is -31.2. The summed E-state index contributed by atoms with van der Waals surface area (Å²) in [6, 6.07) is -2.00. The third kappa shape index (κ3) is 34.6. The molecule has 122 heavy (non-hydrogen) atoms. The molecule has 0 spiro atoms. The predicted molar refractivity (Wildman–Crippen MR) is 346 cm³/mol. The number of aliphatic hydroxyl groups is 1. The molecule has 28 atom stereocenters. The number of methoxy groups -OCH3 is 6. The molecule has 9 fully saturated rings. The summed E-state index contributed by atoms with van der Waals surface area (Å²) >= 11 is 1.74. The molecule has 9 rings (SSSR count). The molecule has 9 aliphatic rings. The van der Waals surface area contributed by atoms with Gasteiger partial charge in [0.2, 0.25) is 74.2 Å². The molecule has 660 valence electrons. The van der Waals surface area contributed by atoms with Gasteiger partial charge in [0.1, 0.15) is 103 Å². The van der Waals surface area contributed by atoms with Gasteiger partial charge in [0, 0.05) is 73.0 Å². The molecule has 9 saturated heterocycles. The monoisotopic (exact) mass is 1970 g/mol. The Hall–Kier alpha value is 4.04. The number of carbonyl (C=O) groups excluding carboxylic acids is 5. The Morgan fingerprint density at radius 3 is 1.47 bits per heavy atom. The van der Waals surface area contributed by atoms with Crippen molar-refractivity contribution < 1.29 is 454 Å². The molecule has 0 aromatic heterocycles. The molecular weight excluding hydrogens is 1890 g/mol. The molecule has 0 aromatic rings. The second-order valence-electron chi connectivity index (χ2n) is 26.2. The van der Waals surface area contributed by atoms with Crippen molar-refractivity contribution >= 4 is 104 Å². The summed E-state index contributed by atoms with van der Waals surface area (Å²) < 4.78 is 340. The van der Waals surface area contributed by atoms with Crippen LogP contribution in [0, 0.1) is 0 Å². The summed E-state index contributed by atoms with van der Waals surface area (Å²) in [5, 5.41) is 50.5. The number of aliphatic hydroxyl groups excluding tert-OH is 1. The van der Waals surface area contributed by atoms with Gasteiger partial charge in [-0.2, -0.15) is 11.8 Å². The first kappa shape index (κ1) is 126. The van der Waals surface area contributed by atoms with E-state index in [0.29, 0.717) is 19.3 Å². The van der Waals surface area contributed by atoms with E-state index >= 15 is 0 Å². The fourth-order valence-corrected chi connectivity index (χ4v) is 18.2. The third-order valence-electron chi connectivity index (χ3n) is 19.3. The Kier molecular flexibility index (Phi) is 56.8. The number of urea groups is 1.